The van der Waals surface area contributed by atoms with Gasteiger partial charge in [0.1, 0.15) is 12.4 Å². The number of halogens is 1. The highest BCUT2D eigenvalue weighted by atomic mass is 35.5. The second kappa shape index (κ2) is 8.86. The molecule has 0 radical (unpaired) electrons. The molecule has 8 nitrogen and oxygen atoms in total. The zero-order valence-electron chi connectivity index (χ0n) is 17.2. The van der Waals surface area contributed by atoms with Crippen molar-refractivity contribution in [3.63, 3.8) is 0 Å². The van der Waals surface area contributed by atoms with E-state index in [1.54, 1.807) is 31.4 Å². The van der Waals surface area contributed by atoms with Crippen LogP contribution in [0.4, 0.5) is 5.82 Å². The fourth-order valence-electron chi connectivity index (χ4n) is 3.50. The first-order valence-corrected chi connectivity index (χ1v) is 11.7. The maximum Gasteiger partial charge on any atom is 0.263 e. The lowest BCUT2D eigenvalue weighted by Gasteiger charge is -2.29. The molecule has 2 aromatic carbocycles. The molecule has 0 amide bonds. The first-order chi connectivity index (χ1) is 14.9. The fourth-order valence-corrected chi connectivity index (χ4v) is 4.83. The zero-order chi connectivity index (χ0) is 22.0. The van der Waals surface area contributed by atoms with Gasteiger partial charge in [-0.05, 0) is 44.2 Å². The molecule has 1 fully saturated rings. The molecule has 10 heteroatoms. The Hall–Kier alpha value is -2.62. The third kappa shape index (κ3) is 4.84. The molecular formula is C21H23ClN4O4S. The van der Waals surface area contributed by atoms with E-state index in [2.05, 4.69) is 26.6 Å². The average Bonchev–Trinajstić information content (AvgIpc) is 2.75. The lowest BCUT2D eigenvalue weighted by atomic mass is 10.1. The Morgan fingerprint density at radius 3 is 2.61 bits per heavy atom. The normalized spacial score (nSPS) is 15.7. The number of rotatable bonds is 6. The van der Waals surface area contributed by atoms with Gasteiger partial charge in [-0.2, -0.15) is 0 Å². The summed E-state index contributed by atoms with van der Waals surface area (Å²) in [6.07, 6.45) is 3.24. The van der Waals surface area contributed by atoms with Crippen molar-refractivity contribution in [3.8, 4) is 11.5 Å². The molecule has 0 saturated carbocycles. The molecule has 2 heterocycles. The Labute approximate surface area is 186 Å². The molecule has 0 bridgehead atoms. The lowest BCUT2D eigenvalue weighted by Crippen LogP contribution is -2.35. The Morgan fingerprint density at radius 2 is 1.90 bits per heavy atom. The molecular weight excluding hydrogens is 440 g/mol. The number of aromatic nitrogens is 2. The van der Waals surface area contributed by atoms with Gasteiger partial charge in [0.05, 0.1) is 17.5 Å². The Kier molecular flexibility index (Phi) is 6.17. The van der Waals surface area contributed by atoms with Crippen molar-refractivity contribution < 1.29 is 17.9 Å². The van der Waals surface area contributed by atoms with Gasteiger partial charge in [-0.15, -0.1) is 0 Å². The number of benzene rings is 2. The van der Waals surface area contributed by atoms with Crippen LogP contribution in [0.1, 0.15) is 12.8 Å². The molecule has 1 N–H and O–H groups in total. The first-order valence-electron chi connectivity index (χ1n) is 9.82. The smallest absolute Gasteiger partial charge is 0.263 e. The molecule has 31 heavy (non-hydrogen) atoms. The van der Waals surface area contributed by atoms with E-state index in [1.165, 1.54) is 18.5 Å². The van der Waals surface area contributed by atoms with Gasteiger partial charge in [-0.3, -0.25) is 4.72 Å². The number of piperidine rings is 1. The van der Waals surface area contributed by atoms with Crippen LogP contribution < -0.4 is 14.2 Å². The van der Waals surface area contributed by atoms with Crippen LogP contribution >= 0.6 is 11.6 Å². The van der Waals surface area contributed by atoms with E-state index in [0.29, 0.717) is 27.4 Å². The van der Waals surface area contributed by atoms with Gasteiger partial charge in [-0.25, -0.2) is 18.4 Å². The molecule has 1 aliphatic heterocycles. The highest BCUT2D eigenvalue weighted by Crippen LogP contribution is 2.36. The molecule has 4 rings (SSSR count). The Morgan fingerprint density at radius 1 is 1.13 bits per heavy atom. The summed E-state index contributed by atoms with van der Waals surface area (Å²) in [4.78, 5) is 10.7. The predicted octanol–water partition coefficient (Wildman–Crippen LogP) is 3.57. The van der Waals surface area contributed by atoms with Crippen LogP contribution in [0.5, 0.6) is 11.5 Å². The van der Waals surface area contributed by atoms with E-state index >= 15 is 0 Å². The maximum atomic E-state index is 12.8. The number of methoxy groups -OCH3 is 1. The van der Waals surface area contributed by atoms with E-state index in [4.69, 9.17) is 21.1 Å². The molecule has 3 aromatic rings. The minimum Gasteiger partial charge on any atom is -0.493 e. The van der Waals surface area contributed by atoms with Crippen molar-refractivity contribution >= 4 is 38.3 Å². The van der Waals surface area contributed by atoms with Gasteiger partial charge in [0.25, 0.3) is 10.0 Å². The minimum atomic E-state index is -3.89. The van der Waals surface area contributed by atoms with E-state index < -0.39 is 10.0 Å². The summed E-state index contributed by atoms with van der Waals surface area (Å²) in [5.41, 5.74) is 0.544. The van der Waals surface area contributed by atoms with Crippen LogP contribution in [0.3, 0.4) is 0 Å². The first kappa shape index (κ1) is 21.6. The van der Waals surface area contributed by atoms with Crippen molar-refractivity contribution in [2.45, 2.75) is 23.8 Å². The third-order valence-electron chi connectivity index (χ3n) is 5.22. The zero-order valence-corrected chi connectivity index (χ0v) is 18.8. The number of nitrogens with zero attached hydrogens (tertiary/aromatic N) is 3. The SMILES string of the molecule is COc1cc2c(NS(=O)(=O)c3cccc(Cl)c3)ncnc2cc1OC1CCN(C)CC1. The summed E-state index contributed by atoms with van der Waals surface area (Å²) in [5.74, 6) is 1.21. The molecule has 1 aromatic heterocycles. The van der Waals surface area contributed by atoms with Crippen LogP contribution in [0.25, 0.3) is 10.9 Å². The number of hydrogen-bond acceptors (Lipinski definition) is 7. The van der Waals surface area contributed by atoms with Crippen molar-refractivity contribution in [1.29, 1.82) is 0 Å². The molecule has 0 spiro atoms. The van der Waals surface area contributed by atoms with E-state index in [0.717, 1.165) is 25.9 Å². The summed E-state index contributed by atoms with van der Waals surface area (Å²) in [6, 6.07) is 9.47. The summed E-state index contributed by atoms with van der Waals surface area (Å²) >= 11 is 5.94. The van der Waals surface area contributed by atoms with Gasteiger partial charge in [0.2, 0.25) is 0 Å². The number of anilines is 1. The van der Waals surface area contributed by atoms with Crippen LogP contribution in [-0.2, 0) is 10.0 Å². The van der Waals surface area contributed by atoms with Crippen LogP contribution in [0.15, 0.2) is 47.6 Å². The van der Waals surface area contributed by atoms with Crippen molar-refractivity contribution in [2.24, 2.45) is 0 Å². The maximum absolute atomic E-state index is 12.8. The van der Waals surface area contributed by atoms with E-state index in [1.807, 2.05) is 0 Å². The topological polar surface area (TPSA) is 93.6 Å². The molecule has 0 unspecified atom stereocenters. The van der Waals surface area contributed by atoms with Gasteiger partial charge >= 0.3 is 0 Å². The van der Waals surface area contributed by atoms with Crippen LogP contribution in [0.2, 0.25) is 5.02 Å². The summed E-state index contributed by atoms with van der Waals surface area (Å²) in [7, 11) is -0.249. The van der Waals surface area contributed by atoms with Crippen molar-refractivity contribution in [2.75, 3.05) is 32.0 Å². The summed E-state index contributed by atoms with van der Waals surface area (Å²) in [6.45, 7) is 1.94. The number of ether oxygens (including phenoxy) is 2. The number of sulfonamides is 1. The predicted molar refractivity (Wildman–Crippen MR) is 119 cm³/mol. The molecule has 1 saturated heterocycles. The largest absolute Gasteiger partial charge is 0.493 e. The van der Waals surface area contributed by atoms with E-state index in [-0.39, 0.29) is 16.8 Å². The number of hydrogen-bond donors (Lipinski definition) is 1. The number of nitrogens with one attached hydrogen (secondary N) is 1. The Balaban J connectivity index is 1.66. The molecule has 0 aliphatic carbocycles. The number of fused-ring (bicyclic) bond motifs is 1. The van der Waals surface area contributed by atoms with Gasteiger partial charge in [0.15, 0.2) is 17.3 Å². The highest BCUT2D eigenvalue weighted by molar-refractivity contribution is 7.92. The van der Waals surface area contributed by atoms with Gasteiger partial charge < -0.3 is 14.4 Å². The summed E-state index contributed by atoms with van der Waals surface area (Å²) in [5, 5.41) is 0.827. The fraction of sp³-hybridized carbons (Fsp3) is 0.333. The third-order valence-corrected chi connectivity index (χ3v) is 6.79. The summed E-state index contributed by atoms with van der Waals surface area (Å²) < 4.78 is 39.9. The van der Waals surface area contributed by atoms with Gasteiger partial charge in [-0.1, -0.05) is 17.7 Å². The van der Waals surface area contributed by atoms with Crippen molar-refractivity contribution in [3.05, 3.63) is 47.7 Å². The lowest BCUT2D eigenvalue weighted by molar-refractivity contribution is 0.111. The minimum absolute atomic E-state index is 0.0425. The van der Waals surface area contributed by atoms with Crippen molar-refractivity contribution in [1.82, 2.24) is 14.9 Å². The monoisotopic (exact) mass is 462 g/mol. The van der Waals surface area contributed by atoms with Gasteiger partial charge in [0, 0.05) is 29.6 Å². The molecule has 164 valence electrons. The van der Waals surface area contributed by atoms with E-state index in [9.17, 15) is 8.42 Å². The van der Waals surface area contributed by atoms with Crippen LogP contribution in [-0.4, -0.2) is 56.6 Å². The molecule has 1 aliphatic rings. The Bertz CT molecular complexity index is 1200. The quantitative estimate of drug-likeness (QED) is 0.598. The van der Waals surface area contributed by atoms with Crippen LogP contribution in [0, 0.1) is 0 Å². The molecule has 0 atom stereocenters. The average molecular weight is 463 g/mol. The second-order valence-electron chi connectivity index (χ2n) is 7.43. The highest BCUT2D eigenvalue weighted by Gasteiger charge is 2.22. The second-order valence-corrected chi connectivity index (χ2v) is 9.54. The number of likely N-dealkylation sites (tertiary alicyclic amines) is 1. The standard InChI is InChI=1S/C21H23ClN4O4S/c1-26-8-6-15(7-9-26)30-20-12-18-17(11-19(20)29-2)21(24-13-23-18)25-31(27,28)16-5-3-4-14(22)10-16/h3-5,10-13,15H,6-9H2,1-2H3,(H,23,24,25).